The van der Waals surface area contributed by atoms with Gasteiger partial charge in [-0.15, -0.1) is 0 Å². The standard InChI is InChI=1S/C24H18ClFN2O3/c1-24-14-20(19-4-2-3-5-21(19)31-24)27(22(29)15-6-10-17(26)11-7-15)23(30)28(24)18-12-8-16(25)9-13-18/h2-13,20H,14H2,1H3. The van der Waals surface area contributed by atoms with E-state index >= 15 is 0 Å². The van der Waals surface area contributed by atoms with Crippen LogP contribution in [-0.4, -0.2) is 22.6 Å². The van der Waals surface area contributed by atoms with Crippen LogP contribution in [0.3, 0.4) is 0 Å². The van der Waals surface area contributed by atoms with E-state index in [0.717, 1.165) is 5.56 Å². The van der Waals surface area contributed by atoms with Crippen LogP contribution in [0.25, 0.3) is 0 Å². The fourth-order valence-electron chi connectivity index (χ4n) is 4.34. The molecule has 5 nitrogen and oxygen atoms in total. The van der Waals surface area contributed by atoms with Gasteiger partial charge in [0.25, 0.3) is 5.91 Å². The summed E-state index contributed by atoms with van der Waals surface area (Å²) >= 11 is 6.04. The molecule has 0 spiro atoms. The van der Waals surface area contributed by atoms with Crippen LogP contribution < -0.4 is 9.64 Å². The molecule has 156 valence electrons. The molecule has 5 rings (SSSR count). The van der Waals surface area contributed by atoms with Gasteiger partial charge in [0.05, 0.1) is 6.04 Å². The highest BCUT2D eigenvalue weighted by molar-refractivity contribution is 6.30. The van der Waals surface area contributed by atoms with E-state index in [0.29, 0.717) is 22.9 Å². The summed E-state index contributed by atoms with van der Waals surface area (Å²) in [4.78, 5) is 30.0. The Morgan fingerprint density at radius 1 is 1.06 bits per heavy atom. The molecule has 2 unspecified atom stereocenters. The summed E-state index contributed by atoms with van der Waals surface area (Å²) in [5, 5.41) is 0.533. The minimum atomic E-state index is -0.997. The predicted molar refractivity (Wildman–Crippen MR) is 115 cm³/mol. The lowest BCUT2D eigenvalue weighted by molar-refractivity contribution is 0.00268. The lowest BCUT2D eigenvalue weighted by atomic mass is 9.88. The number of urea groups is 1. The van der Waals surface area contributed by atoms with Crippen molar-refractivity contribution in [3.8, 4) is 5.75 Å². The Bertz CT molecular complexity index is 1180. The number of anilines is 1. The fraction of sp³-hybridized carbons (Fsp3) is 0.167. The van der Waals surface area contributed by atoms with E-state index in [1.165, 1.54) is 34.1 Å². The minimum Gasteiger partial charge on any atom is -0.467 e. The average molecular weight is 437 g/mol. The summed E-state index contributed by atoms with van der Waals surface area (Å²) in [5.74, 6) is -0.328. The zero-order chi connectivity index (χ0) is 21.8. The first kappa shape index (κ1) is 19.6. The van der Waals surface area contributed by atoms with Gasteiger partial charge in [0.1, 0.15) is 11.6 Å². The summed E-state index contributed by atoms with van der Waals surface area (Å²) in [6, 6.07) is 18.4. The molecule has 0 N–H and O–H groups in total. The summed E-state index contributed by atoms with van der Waals surface area (Å²) < 4.78 is 19.7. The molecule has 2 bridgehead atoms. The number of nitrogens with zero attached hydrogens (tertiary/aromatic N) is 2. The van der Waals surface area contributed by atoms with Crippen LogP contribution in [0.5, 0.6) is 5.75 Å². The number of amides is 3. The number of carbonyl (C=O) groups excluding carboxylic acids is 2. The number of rotatable bonds is 2. The molecule has 2 heterocycles. The lowest BCUT2D eigenvalue weighted by Crippen LogP contribution is -2.67. The van der Waals surface area contributed by atoms with Gasteiger partial charge < -0.3 is 4.74 Å². The second-order valence-corrected chi connectivity index (χ2v) is 8.25. The van der Waals surface area contributed by atoms with Crippen LogP contribution in [-0.2, 0) is 0 Å². The van der Waals surface area contributed by atoms with Crippen LogP contribution in [0, 0.1) is 5.82 Å². The maximum Gasteiger partial charge on any atom is 0.335 e. The summed E-state index contributed by atoms with van der Waals surface area (Å²) in [6.45, 7) is 1.84. The summed E-state index contributed by atoms with van der Waals surface area (Å²) in [5.41, 5.74) is 0.563. The molecule has 0 saturated carbocycles. The van der Waals surface area contributed by atoms with Gasteiger partial charge in [0.2, 0.25) is 0 Å². The van der Waals surface area contributed by atoms with Crippen LogP contribution in [0.2, 0.25) is 5.02 Å². The molecular weight excluding hydrogens is 419 g/mol. The van der Waals surface area contributed by atoms with Gasteiger partial charge >= 0.3 is 6.03 Å². The molecule has 7 heteroatoms. The molecule has 3 amide bonds. The first-order valence-corrected chi connectivity index (χ1v) is 10.2. The highest BCUT2D eigenvalue weighted by Gasteiger charge is 2.55. The molecule has 31 heavy (non-hydrogen) atoms. The van der Waals surface area contributed by atoms with Gasteiger partial charge in [-0.3, -0.25) is 14.6 Å². The zero-order valence-electron chi connectivity index (χ0n) is 16.6. The molecule has 2 aliphatic heterocycles. The quantitative estimate of drug-likeness (QED) is 0.510. The Balaban J connectivity index is 1.66. The fourth-order valence-corrected chi connectivity index (χ4v) is 4.47. The maximum atomic E-state index is 13.8. The second kappa shape index (κ2) is 7.10. The van der Waals surface area contributed by atoms with Gasteiger partial charge in [0.15, 0.2) is 5.72 Å². The Kier molecular flexibility index (Phi) is 4.48. The number of ether oxygens (including phenoxy) is 1. The molecule has 1 fully saturated rings. The highest BCUT2D eigenvalue weighted by Crippen LogP contribution is 2.49. The largest absolute Gasteiger partial charge is 0.467 e. The molecule has 3 aromatic carbocycles. The molecule has 0 radical (unpaired) electrons. The van der Waals surface area contributed by atoms with Gasteiger partial charge in [-0.25, -0.2) is 9.18 Å². The Morgan fingerprint density at radius 3 is 2.45 bits per heavy atom. The number of carbonyl (C=O) groups is 2. The van der Waals surface area contributed by atoms with Crippen molar-refractivity contribution in [1.29, 1.82) is 0 Å². The van der Waals surface area contributed by atoms with Crippen molar-refractivity contribution in [2.75, 3.05) is 4.90 Å². The molecule has 0 aromatic heterocycles. The van der Waals surface area contributed by atoms with Gasteiger partial charge in [-0.1, -0.05) is 29.8 Å². The number of fused-ring (bicyclic) bond motifs is 4. The van der Waals surface area contributed by atoms with E-state index < -0.39 is 29.5 Å². The van der Waals surface area contributed by atoms with Crippen molar-refractivity contribution in [2.45, 2.75) is 25.1 Å². The topological polar surface area (TPSA) is 49.9 Å². The monoisotopic (exact) mass is 436 g/mol. The summed E-state index contributed by atoms with van der Waals surface area (Å²) in [6.07, 6.45) is 0.380. The van der Waals surface area contributed by atoms with Crippen LogP contribution >= 0.6 is 11.6 Å². The van der Waals surface area contributed by atoms with Gasteiger partial charge in [-0.05, 0) is 61.5 Å². The van der Waals surface area contributed by atoms with Crippen LogP contribution in [0.4, 0.5) is 14.9 Å². The van der Waals surface area contributed by atoms with E-state index in [1.807, 2.05) is 31.2 Å². The zero-order valence-corrected chi connectivity index (χ0v) is 17.3. The molecule has 2 atom stereocenters. The van der Waals surface area contributed by atoms with E-state index in [2.05, 4.69) is 0 Å². The molecule has 3 aromatic rings. The third-order valence-electron chi connectivity index (χ3n) is 5.76. The third-order valence-corrected chi connectivity index (χ3v) is 6.01. The number of halogens is 2. The lowest BCUT2D eigenvalue weighted by Gasteiger charge is -2.53. The average Bonchev–Trinajstić information content (AvgIpc) is 2.75. The number of benzene rings is 3. The van der Waals surface area contributed by atoms with Crippen molar-refractivity contribution in [3.05, 3.63) is 94.8 Å². The number of hydrogen-bond donors (Lipinski definition) is 0. The first-order chi connectivity index (χ1) is 14.9. The van der Waals surface area contributed by atoms with Crippen molar-refractivity contribution in [1.82, 2.24) is 4.90 Å². The molecule has 2 aliphatic rings. The predicted octanol–water partition coefficient (Wildman–Crippen LogP) is 5.80. The Labute approximate surface area is 183 Å². The van der Waals surface area contributed by atoms with E-state index in [9.17, 15) is 14.0 Å². The minimum absolute atomic E-state index is 0.235. The number of para-hydroxylation sites is 1. The Hall–Kier alpha value is -3.38. The van der Waals surface area contributed by atoms with Crippen molar-refractivity contribution >= 4 is 29.2 Å². The van der Waals surface area contributed by atoms with Crippen molar-refractivity contribution < 1.29 is 18.7 Å². The van der Waals surface area contributed by atoms with E-state index in [-0.39, 0.29) is 5.56 Å². The first-order valence-electron chi connectivity index (χ1n) is 9.84. The van der Waals surface area contributed by atoms with Crippen molar-refractivity contribution in [2.24, 2.45) is 0 Å². The van der Waals surface area contributed by atoms with Crippen LogP contribution in [0.15, 0.2) is 72.8 Å². The van der Waals surface area contributed by atoms with Crippen molar-refractivity contribution in [3.63, 3.8) is 0 Å². The van der Waals surface area contributed by atoms with Gasteiger partial charge in [0, 0.05) is 28.3 Å². The van der Waals surface area contributed by atoms with Crippen LogP contribution in [0.1, 0.15) is 35.3 Å². The normalized spacial score (nSPS) is 22.0. The SMILES string of the molecule is CC12CC(c3ccccc3O1)N(C(=O)c1ccc(F)cc1)C(=O)N2c1ccc(Cl)cc1. The van der Waals surface area contributed by atoms with E-state index in [1.54, 1.807) is 24.3 Å². The molecule has 0 aliphatic carbocycles. The van der Waals surface area contributed by atoms with E-state index in [4.69, 9.17) is 16.3 Å². The number of imide groups is 1. The summed E-state index contributed by atoms with van der Waals surface area (Å²) in [7, 11) is 0. The number of hydrogen-bond acceptors (Lipinski definition) is 3. The van der Waals surface area contributed by atoms with Gasteiger partial charge in [-0.2, -0.15) is 0 Å². The Morgan fingerprint density at radius 2 is 1.74 bits per heavy atom. The maximum absolute atomic E-state index is 13.8. The highest BCUT2D eigenvalue weighted by atomic mass is 35.5. The third kappa shape index (κ3) is 3.15. The molecule has 1 saturated heterocycles. The molecular formula is C24H18ClFN2O3. The second-order valence-electron chi connectivity index (χ2n) is 7.81. The smallest absolute Gasteiger partial charge is 0.335 e.